The number of aliphatic carboxylic acids is 1. The predicted octanol–water partition coefficient (Wildman–Crippen LogP) is -0.461. The van der Waals surface area contributed by atoms with Crippen LogP contribution in [0.5, 0.6) is 0 Å². The molecular weight excluding hydrogens is 160 g/mol. The lowest BCUT2D eigenvalue weighted by Crippen LogP contribution is -2.45. The maximum atomic E-state index is 11.0. The number of hydrazine groups is 1. The first-order valence-electron chi connectivity index (χ1n) is 3.80. The number of carboxylic acid groups (broad SMARTS) is 1. The molecule has 5 nitrogen and oxygen atoms in total. The molecule has 1 saturated heterocycles. The molecule has 0 saturated carbocycles. The lowest BCUT2D eigenvalue weighted by molar-refractivity contribution is -0.152. The molecule has 1 aliphatic rings. The molecule has 0 radical (unpaired) electrons. The Morgan fingerprint density at radius 1 is 1.67 bits per heavy atom. The summed E-state index contributed by atoms with van der Waals surface area (Å²) < 4.78 is 0. The molecule has 68 valence electrons. The van der Waals surface area contributed by atoms with Crippen LogP contribution in [-0.2, 0) is 9.59 Å². The lowest BCUT2D eigenvalue weighted by atomic mass is 10.3. The molecule has 1 amide bonds. The zero-order valence-corrected chi connectivity index (χ0v) is 7.15. The highest BCUT2D eigenvalue weighted by Crippen LogP contribution is 2.12. The van der Waals surface area contributed by atoms with E-state index in [1.54, 1.807) is 19.0 Å². The van der Waals surface area contributed by atoms with Gasteiger partial charge in [-0.15, -0.1) is 0 Å². The first-order valence-corrected chi connectivity index (χ1v) is 3.80. The molecule has 12 heavy (non-hydrogen) atoms. The van der Waals surface area contributed by atoms with Crippen LogP contribution in [-0.4, -0.2) is 46.6 Å². The fourth-order valence-corrected chi connectivity index (χ4v) is 1.25. The normalized spacial score (nSPS) is 21.5. The van der Waals surface area contributed by atoms with Gasteiger partial charge in [-0.3, -0.25) is 14.6 Å². The van der Waals surface area contributed by atoms with Crippen LogP contribution in [0.25, 0.3) is 0 Å². The minimum atomic E-state index is -0.906. The molecule has 0 aromatic rings. The molecule has 1 fully saturated rings. The molecule has 1 aliphatic heterocycles. The molecule has 0 aliphatic carbocycles. The minimum absolute atomic E-state index is 0.0249. The third-order valence-electron chi connectivity index (χ3n) is 2.11. The van der Waals surface area contributed by atoms with Gasteiger partial charge in [-0.1, -0.05) is 0 Å². The molecule has 1 unspecified atom stereocenters. The third-order valence-corrected chi connectivity index (χ3v) is 2.11. The van der Waals surface area contributed by atoms with Gasteiger partial charge < -0.3 is 5.11 Å². The smallest absolute Gasteiger partial charge is 0.322 e. The Labute approximate surface area is 70.5 Å². The van der Waals surface area contributed by atoms with E-state index in [9.17, 15) is 9.59 Å². The maximum absolute atomic E-state index is 11.0. The lowest BCUT2D eigenvalue weighted by Gasteiger charge is -2.27. The molecule has 1 heterocycles. The van der Waals surface area contributed by atoms with Gasteiger partial charge in [0.1, 0.15) is 6.04 Å². The quantitative estimate of drug-likeness (QED) is 0.612. The first-order chi connectivity index (χ1) is 5.54. The summed E-state index contributed by atoms with van der Waals surface area (Å²) >= 11 is 0. The summed E-state index contributed by atoms with van der Waals surface area (Å²) in [5.41, 5.74) is 0. The van der Waals surface area contributed by atoms with Crippen molar-refractivity contribution in [2.45, 2.75) is 19.4 Å². The highest BCUT2D eigenvalue weighted by atomic mass is 16.4. The number of hydrogen-bond donors (Lipinski definition) is 1. The minimum Gasteiger partial charge on any atom is -0.480 e. The molecular formula is C7H12N2O3. The van der Waals surface area contributed by atoms with E-state index in [2.05, 4.69) is 0 Å². The van der Waals surface area contributed by atoms with Crippen LogP contribution >= 0.6 is 0 Å². The van der Waals surface area contributed by atoms with Gasteiger partial charge in [-0.25, -0.2) is 5.01 Å². The van der Waals surface area contributed by atoms with E-state index in [0.717, 1.165) is 0 Å². The van der Waals surface area contributed by atoms with E-state index in [4.69, 9.17) is 5.11 Å². The largest absolute Gasteiger partial charge is 0.480 e. The maximum Gasteiger partial charge on any atom is 0.322 e. The standard InChI is InChI=1S/C7H12N2O3/c1-5(7(11)12)9-4-3-6(10)8(9)2/h5H,3-4H2,1-2H3,(H,11,12). The summed E-state index contributed by atoms with van der Waals surface area (Å²) in [6, 6.07) is -0.624. The third kappa shape index (κ3) is 1.40. The van der Waals surface area contributed by atoms with Crippen LogP contribution < -0.4 is 0 Å². The number of carbonyl (C=O) groups is 2. The van der Waals surface area contributed by atoms with E-state index < -0.39 is 12.0 Å². The molecule has 1 N–H and O–H groups in total. The number of rotatable bonds is 2. The van der Waals surface area contributed by atoms with Crippen molar-refractivity contribution in [1.82, 2.24) is 10.0 Å². The van der Waals surface area contributed by atoms with Crippen molar-refractivity contribution >= 4 is 11.9 Å². The van der Waals surface area contributed by atoms with Crippen LogP contribution in [0, 0.1) is 0 Å². The number of carboxylic acids is 1. The molecule has 1 atom stereocenters. The van der Waals surface area contributed by atoms with E-state index in [0.29, 0.717) is 13.0 Å². The van der Waals surface area contributed by atoms with Crippen LogP contribution in [0.1, 0.15) is 13.3 Å². The van der Waals surface area contributed by atoms with E-state index in [1.165, 1.54) is 5.01 Å². The van der Waals surface area contributed by atoms with Crippen LogP contribution in [0.15, 0.2) is 0 Å². The zero-order valence-electron chi connectivity index (χ0n) is 7.15. The van der Waals surface area contributed by atoms with Crippen molar-refractivity contribution < 1.29 is 14.7 Å². The number of amides is 1. The van der Waals surface area contributed by atoms with Gasteiger partial charge in [0.05, 0.1) is 0 Å². The SMILES string of the molecule is CC(C(=O)O)N1CCC(=O)N1C. The molecule has 5 heteroatoms. The van der Waals surface area contributed by atoms with Gasteiger partial charge in [0.2, 0.25) is 5.91 Å². The second kappa shape index (κ2) is 3.10. The van der Waals surface area contributed by atoms with E-state index >= 15 is 0 Å². The summed E-state index contributed by atoms with van der Waals surface area (Å²) in [5.74, 6) is -0.931. The van der Waals surface area contributed by atoms with Crippen LogP contribution in [0.2, 0.25) is 0 Å². The average molecular weight is 172 g/mol. The summed E-state index contributed by atoms with van der Waals surface area (Å²) in [7, 11) is 1.59. The summed E-state index contributed by atoms with van der Waals surface area (Å²) in [5, 5.41) is 11.6. The fraction of sp³-hybridized carbons (Fsp3) is 0.714. The highest BCUT2D eigenvalue weighted by molar-refractivity contribution is 5.79. The van der Waals surface area contributed by atoms with Crippen molar-refractivity contribution in [2.24, 2.45) is 0 Å². The van der Waals surface area contributed by atoms with Crippen molar-refractivity contribution in [3.63, 3.8) is 0 Å². The summed E-state index contributed by atoms with van der Waals surface area (Å²) in [4.78, 5) is 21.6. The van der Waals surface area contributed by atoms with Gasteiger partial charge in [0.15, 0.2) is 0 Å². The van der Waals surface area contributed by atoms with Crippen LogP contribution in [0.3, 0.4) is 0 Å². The van der Waals surface area contributed by atoms with Crippen molar-refractivity contribution in [3.05, 3.63) is 0 Å². The fourth-order valence-electron chi connectivity index (χ4n) is 1.25. The highest BCUT2D eigenvalue weighted by Gasteiger charge is 2.32. The van der Waals surface area contributed by atoms with Gasteiger partial charge in [-0.2, -0.15) is 0 Å². The average Bonchev–Trinajstić information content (AvgIpc) is 2.32. The molecule has 0 aromatic heterocycles. The number of carbonyl (C=O) groups excluding carboxylic acids is 1. The van der Waals surface area contributed by atoms with Gasteiger partial charge >= 0.3 is 5.97 Å². The molecule has 0 spiro atoms. The van der Waals surface area contributed by atoms with Crippen molar-refractivity contribution in [2.75, 3.05) is 13.6 Å². The Morgan fingerprint density at radius 2 is 2.25 bits per heavy atom. The Morgan fingerprint density at radius 3 is 2.58 bits per heavy atom. The second-order valence-corrected chi connectivity index (χ2v) is 2.84. The summed E-state index contributed by atoms with van der Waals surface area (Å²) in [6.45, 7) is 2.07. The Bertz CT molecular complexity index is 217. The Hall–Kier alpha value is -1.10. The van der Waals surface area contributed by atoms with E-state index in [1.807, 2.05) is 0 Å². The topological polar surface area (TPSA) is 60.9 Å². The molecule has 0 aromatic carbocycles. The number of hydrogen-bond acceptors (Lipinski definition) is 3. The zero-order chi connectivity index (χ0) is 9.30. The van der Waals surface area contributed by atoms with Crippen molar-refractivity contribution in [1.29, 1.82) is 0 Å². The van der Waals surface area contributed by atoms with Gasteiger partial charge in [0, 0.05) is 20.0 Å². The van der Waals surface area contributed by atoms with E-state index in [-0.39, 0.29) is 5.91 Å². The molecule has 1 rings (SSSR count). The first kappa shape index (κ1) is 8.99. The Kier molecular flexibility index (Phi) is 2.32. The summed E-state index contributed by atoms with van der Waals surface area (Å²) in [6.07, 6.45) is 0.411. The number of nitrogens with zero attached hydrogens (tertiary/aromatic N) is 2. The predicted molar refractivity (Wildman–Crippen MR) is 41.2 cm³/mol. The molecule has 0 bridgehead atoms. The van der Waals surface area contributed by atoms with Crippen molar-refractivity contribution in [3.8, 4) is 0 Å². The monoisotopic (exact) mass is 172 g/mol. The van der Waals surface area contributed by atoms with Gasteiger partial charge in [0.25, 0.3) is 0 Å². The Balaban J connectivity index is 2.65. The second-order valence-electron chi connectivity index (χ2n) is 2.84. The van der Waals surface area contributed by atoms with Crippen LogP contribution in [0.4, 0.5) is 0 Å². The van der Waals surface area contributed by atoms with Gasteiger partial charge in [-0.05, 0) is 6.92 Å².